The summed E-state index contributed by atoms with van der Waals surface area (Å²) >= 11 is 0. The van der Waals surface area contributed by atoms with Crippen molar-refractivity contribution in [1.29, 1.82) is 0 Å². The van der Waals surface area contributed by atoms with Gasteiger partial charge in [-0.05, 0) is 13.3 Å². The molecule has 0 aromatic carbocycles. The summed E-state index contributed by atoms with van der Waals surface area (Å²) in [5.41, 5.74) is 0. The van der Waals surface area contributed by atoms with E-state index in [9.17, 15) is 9.59 Å². The van der Waals surface area contributed by atoms with Crippen LogP contribution in [-0.2, 0) is 9.59 Å². The molecule has 0 fully saturated rings. The molecule has 0 rings (SSSR count). The maximum absolute atomic E-state index is 10.8. The van der Waals surface area contributed by atoms with E-state index in [2.05, 4.69) is 0 Å². The minimum absolute atomic E-state index is 0.0152. The Kier molecular flexibility index (Phi) is 3.57. The molecule has 0 heterocycles. The topological polar surface area (TPSA) is 57.6 Å². The molecule has 0 aliphatic carbocycles. The third-order valence-electron chi connectivity index (χ3n) is 1.76. The smallest absolute Gasteiger partial charge is 0.394 e. The molecule has 1 amide bonds. The van der Waals surface area contributed by atoms with E-state index < -0.39 is 11.9 Å². The first-order chi connectivity index (χ1) is 5.00. The zero-order valence-electron chi connectivity index (χ0n) is 7.00. The lowest BCUT2D eigenvalue weighted by molar-refractivity contribution is -0.156. The summed E-state index contributed by atoms with van der Waals surface area (Å²) in [5, 5.41) is 8.31. The first-order valence-electron chi connectivity index (χ1n) is 3.50. The van der Waals surface area contributed by atoms with E-state index in [0.717, 1.165) is 6.42 Å². The predicted molar refractivity (Wildman–Crippen MR) is 40.2 cm³/mol. The fourth-order valence-corrected chi connectivity index (χ4v) is 0.625. The highest BCUT2D eigenvalue weighted by molar-refractivity contribution is 6.31. The van der Waals surface area contributed by atoms with Gasteiger partial charge in [-0.3, -0.25) is 4.79 Å². The monoisotopic (exact) mass is 159 g/mol. The fourth-order valence-electron chi connectivity index (χ4n) is 0.625. The Morgan fingerprint density at radius 3 is 2.27 bits per heavy atom. The standard InChI is InChI=1S/C7H13NO3/c1-4-5(2)8(3)6(9)7(10)11/h5H,4H2,1-3H3,(H,10,11). The zero-order chi connectivity index (χ0) is 9.02. The van der Waals surface area contributed by atoms with Crippen molar-refractivity contribution in [2.45, 2.75) is 26.3 Å². The van der Waals surface area contributed by atoms with E-state index in [4.69, 9.17) is 5.11 Å². The van der Waals surface area contributed by atoms with Crippen molar-refractivity contribution < 1.29 is 14.7 Å². The zero-order valence-corrected chi connectivity index (χ0v) is 7.00. The van der Waals surface area contributed by atoms with Crippen LogP contribution >= 0.6 is 0 Å². The van der Waals surface area contributed by atoms with Crippen molar-refractivity contribution in [2.75, 3.05) is 7.05 Å². The Hall–Kier alpha value is -1.06. The largest absolute Gasteiger partial charge is 0.474 e. The molecule has 1 N–H and O–H groups in total. The number of nitrogens with zero attached hydrogens (tertiary/aromatic N) is 1. The van der Waals surface area contributed by atoms with Crippen LogP contribution in [0.1, 0.15) is 20.3 Å². The number of carbonyl (C=O) groups is 2. The SMILES string of the molecule is CCC(C)N(C)C(=O)C(=O)O. The molecular formula is C7H13NO3. The molecule has 0 aliphatic heterocycles. The molecule has 0 radical (unpaired) electrons. The van der Waals surface area contributed by atoms with E-state index in [1.807, 2.05) is 6.92 Å². The Labute approximate surface area is 65.8 Å². The minimum Gasteiger partial charge on any atom is -0.474 e. The van der Waals surface area contributed by atoms with Crippen LogP contribution in [0.2, 0.25) is 0 Å². The Bertz CT molecular complexity index is 167. The maximum Gasteiger partial charge on any atom is 0.394 e. The number of hydrogen-bond donors (Lipinski definition) is 1. The second-order valence-corrected chi connectivity index (χ2v) is 2.48. The van der Waals surface area contributed by atoms with Gasteiger partial charge in [-0.1, -0.05) is 6.92 Å². The Morgan fingerprint density at radius 1 is 1.55 bits per heavy atom. The van der Waals surface area contributed by atoms with Gasteiger partial charge in [0.25, 0.3) is 0 Å². The van der Waals surface area contributed by atoms with Crippen molar-refractivity contribution >= 4 is 11.9 Å². The van der Waals surface area contributed by atoms with Gasteiger partial charge < -0.3 is 10.0 Å². The van der Waals surface area contributed by atoms with Gasteiger partial charge in [0, 0.05) is 13.1 Å². The van der Waals surface area contributed by atoms with Crippen molar-refractivity contribution in [2.24, 2.45) is 0 Å². The lowest BCUT2D eigenvalue weighted by Gasteiger charge is -2.21. The number of carboxylic acids is 1. The molecule has 64 valence electrons. The van der Waals surface area contributed by atoms with Crippen LogP contribution in [0.15, 0.2) is 0 Å². The molecule has 0 aromatic heterocycles. The molecule has 4 nitrogen and oxygen atoms in total. The first-order valence-corrected chi connectivity index (χ1v) is 3.50. The summed E-state index contributed by atoms with van der Waals surface area (Å²) in [7, 11) is 1.49. The highest BCUT2D eigenvalue weighted by Crippen LogP contribution is 1.99. The first kappa shape index (κ1) is 9.94. The number of likely N-dealkylation sites (N-methyl/N-ethyl adjacent to an activating group) is 1. The summed E-state index contributed by atoms with van der Waals surface area (Å²) in [5.74, 6) is -2.24. The van der Waals surface area contributed by atoms with Crippen LogP contribution in [0.3, 0.4) is 0 Å². The summed E-state index contributed by atoms with van der Waals surface area (Å²) in [6, 6.07) is -0.0152. The average molecular weight is 159 g/mol. The van der Waals surface area contributed by atoms with E-state index in [-0.39, 0.29) is 6.04 Å². The minimum atomic E-state index is -1.40. The Morgan fingerprint density at radius 2 is 2.00 bits per heavy atom. The van der Waals surface area contributed by atoms with Crippen LogP contribution in [0.5, 0.6) is 0 Å². The molecule has 0 aliphatic rings. The van der Waals surface area contributed by atoms with Gasteiger partial charge in [0.15, 0.2) is 0 Å². The average Bonchev–Trinajstić information content (AvgIpc) is 2.00. The van der Waals surface area contributed by atoms with Crippen molar-refractivity contribution in [3.8, 4) is 0 Å². The third-order valence-corrected chi connectivity index (χ3v) is 1.76. The predicted octanol–water partition coefficient (Wildman–Crippen LogP) is 0.328. The number of rotatable bonds is 2. The molecule has 0 saturated heterocycles. The van der Waals surface area contributed by atoms with Crippen molar-refractivity contribution in [3.63, 3.8) is 0 Å². The molecule has 1 unspecified atom stereocenters. The Balaban J connectivity index is 4.13. The lowest BCUT2D eigenvalue weighted by Crippen LogP contribution is -2.39. The number of carboxylic acid groups (broad SMARTS) is 1. The van der Waals surface area contributed by atoms with Gasteiger partial charge in [0.2, 0.25) is 0 Å². The van der Waals surface area contributed by atoms with Crippen molar-refractivity contribution in [3.05, 3.63) is 0 Å². The molecular weight excluding hydrogens is 146 g/mol. The van der Waals surface area contributed by atoms with E-state index in [1.165, 1.54) is 11.9 Å². The van der Waals surface area contributed by atoms with Crippen LogP contribution in [-0.4, -0.2) is 35.0 Å². The summed E-state index contributed by atoms with van der Waals surface area (Å²) in [4.78, 5) is 22.2. The summed E-state index contributed by atoms with van der Waals surface area (Å²) < 4.78 is 0. The summed E-state index contributed by atoms with van der Waals surface area (Å²) in [6.45, 7) is 3.71. The number of aliphatic carboxylic acids is 1. The second-order valence-electron chi connectivity index (χ2n) is 2.48. The maximum atomic E-state index is 10.8. The second kappa shape index (κ2) is 3.95. The van der Waals surface area contributed by atoms with Crippen LogP contribution < -0.4 is 0 Å². The number of amides is 1. The molecule has 11 heavy (non-hydrogen) atoms. The van der Waals surface area contributed by atoms with Crippen molar-refractivity contribution in [1.82, 2.24) is 4.90 Å². The van der Waals surface area contributed by atoms with Crippen LogP contribution in [0, 0.1) is 0 Å². The highest BCUT2D eigenvalue weighted by atomic mass is 16.4. The van der Waals surface area contributed by atoms with Gasteiger partial charge in [0.05, 0.1) is 0 Å². The fraction of sp³-hybridized carbons (Fsp3) is 0.714. The molecule has 0 bridgehead atoms. The quantitative estimate of drug-likeness (QED) is 0.590. The van der Waals surface area contributed by atoms with Gasteiger partial charge in [-0.2, -0.15) is 0 Å². The van der Waals surface area contributed by atoms with Crippen LogP contribution in [0.25, 0.3) is 0 Å². The normalized spacial score (nSPS) is 12.3. The molecule has 0 aromatic rings. The highest BCUT2D eigenvalue weighted by Gasteiger charge is 2.20. The molecule has 1 atom stereocenters. The van der Waals surface area contributed by atoms with E-state index in [1.54, 1.807) is 6.92 Å². The van der Waals surface area contributed by atoms with E-state index >= 15 is 0 Å². The molecule has 0 spiro atoms. The lowest BCUT2D eigenvalue weighted by atomic mass is 10.2. The number of hydrogen-bond acceptors (Lipinski definition) is 2. The number of carbonyl (C=O) groups excluding carboxylic acids is 1. The van der Waals surface area contributed by atoms with Gasteiger partial charge >= 0.3 is 11.9 Å². The van der Waals surface area contributed by atoms with Gasteiger partial charge in [-0.25, -0.2) is 4.79 Å². The molecule has 0 saturated carbocycles. The molecule has 4 heteroatoms. The third kappa shape index (κ3) is 2.57. The van der Waals surface area contributed by atoms with Gasteiger partial charge in [0.1, 0.15) is 0 Å². The van der Waals surface area contributed by atoms with Crippen LogP contribution in [0.4, 0.5) is 0 Å². The van der Waals surface area contributed by atoms with Gasteiger partial charge in [-0.15, -0.1) is 0 Å². The van der Waals surface area contributed by atoms with E-state index in [0.29, 0.717) is 0 Å². The summed E-state index contributed by atoms with van der Waals surface area (Å²) in [6.07, 6.45) is 0.759.